The van der Waals surface area contributed by atoms with Gasteiger partial charge in [-0.2, -0.15) is 4.98 Å². The predicted octanol–water partition coefficient (Wildman–Crippen LogP) is 1.63. The average Bonchev–Trinajstić information content (AvgIpc) is 2.24. The molecule has 1 aromatic rings. The molecular formula is C11H19N3O2. The molecule has 1 heterocycles. The van der Waals surface area contributed by atoms with Crippen LogP contribution in [0.25, 0.3) is 0 Å². The summed E-state index contributed by atoms with van der Waals surface area (Å²) in [7, 11) is 1.70. The van der Waals surface area contributed by atoms with Gasteiger partial charge in [0.25, 0.3) is 0 Å². The molecule has 0 aromatic carbocycles. The van der Waals surface area contributed by atoms with Gasteiger partial charge in [0, 0.05) is 26.3 Å². The highest BCUT2D eigenvalue weighted by Crippen LogP contribution is 2.12. The maximum Gasteiger partial charge on any atom is 0.218 e. The van der Waals surface area contributed by atoms with Crippen molar-refractivity contribution in [2.24, 2.45) is 0 Å². The van der Waals surface area contributed by atoms with Gasteiger partial charge in [0.1, 0.15) is 11.6 Å². The van der Waals surface area contributed by atoms with Gasteiger partial charge in [-0.1, -0.05) is 0 Å². The van der Waals surface area contributed by atoms with E-state index in [1.807, 2.05) is 19.9 Å². The normalized spacial score (nSPS) is 10.2. The van der Waals surface area contributed by atoms with E-state index in [9.17, 15) is 0 Å². The summed E-state index contributed by atoms with van der Waals surface area (Å²) >= 11 is 0. The Balaban J connectivity index is 2.51. The summed E-state index contributed by atoms with van der Waals surface area (Å²) < 4.78 is 10.3. The van der Waals surface area contributed by atoms with Crippen molar-refractivity contribution in [3.05, 3.63) is 11.9 Å². The SMILES string of the molecule is CCOc1cc(NCCCOC)nc(C)n1. The molecule has 0 aliphatic rings. The van der Waals surface area contributed by atoms with Crippen molar-refractivity contribution in [1.82, 2.24) is 9.97 Å². The lowest BCUT2D eigenvalue weighted by Gasteiger charge is -2.08. The third kappa shape index (κ3) is 4.44. The molecule has 0 spiro atoms. The maximum absolute atomic E-state index is 5.34. The van der Waals surface area contributed by atoms with Crippen LogP contribution in [0.3, 0.4) is 0 Å². The molecule has 0 saturated carbocycles. The molecule has 90 valence electrons. The Morgan fingerprint density at radius 2 is 2.19 bits per heavy atom. The summed E-state index contributed by atoms with van der Waals surface area (Å²) in [6.07, 6.45) is 0.948. The van der Waals surface area contributed by atoms with Crippen LogP contribution in [0, 0.1) is 6.92 Å². The largest absolute Gasteiger partial charge is 0.478 e. The molecule has 0 aliphatic heterocycles. The van der Waals surface area contributed by atoms with Crippen LogP contribution >= 0.6 is 0 Å². The van der Waals surface area contributed by atoms with Gasteiger partial charge in [0.05, 0.1) is 6.61 Å². The monoisotopic (exact) mass is 225 g/mol. The molecule has 0 aliphatic carbocycles. The lowest BCUT2D eigenvalue weighted by atomic mass is 10.4. The number of methoxy groups -OCH3 is 1. The average molecular weight is 225 g/mol. The van der Waals surface area contributed by atoms with Gasteiger partial charge >= 0.3 is 0 Å². The van der Waals surface area contributed by atoms with Gasteiger partial charge in [0.2, 0.25) is 5.88 Å². The van der Waals surface area contributed by atoms with Crippen LogP contribution < -0.4 is 10.1 Å². The first-order valence-electron chi connectivity index (χ1n) is 5.47. The second kappa shape index (κ2) is 7.00. The van der Waals surface area contributed by atoms with E-state index in [4.69, 9.17) is 9.47 Å². The third-order valence-corrected chi connectivity index (χ3v) is 1.94. The molecule has 1 aromatic heterocycles. The Morgan fingerprint density at radius 3 is 2.88 bits per heavy atom. The number of nitrogens with one attached hydrogen (secondary N) is 1. The molecule has 0 saturated heterocycles. The van der Waals surface area contributed by atoms with Crippen LogP contribution in [0.1, 0.15) is 19.2 Å². The van der Waals surface area contributed by atoms with Crippen molar-refractivity contribution in [3.63, 3.8) is 0 Å². The minimum atomic E-state index is 0.611. The van der Waals surface area contributed by atoms with Crippen LogP contribution in [0.15, 0.2) is 6.07 Å². The molecular weight excluding hydrogens is 206 g/mol. The fourth-order valence-corrected chi connectivity index (χ4v) is 1.29. The molecule has 0 atom stereocenters. The Bertz CT molecular complexity index is 318. The number of ether oxygens (including phenoxy) is 2. The summed E-state index contributed by atoms with van der Waals surface area (Å²) in [5.74, 6) is 2.12. The summed E-state index contributed by atoms with van der Waals surface area (Å²) in [6.45, 7) is 5.97. The van der Waals surface area contributed by atoms with E-state index >= 15 is 0 Å². The van der Waals surface area contributed by atoms with Gasteiger partial charge in [-0.15, -0.1) is 0 Å². The van der Waals surface area contributed by atoms with E-state index in [-0.39, 0.29) is 0 Å². The fourth-order valence-electron chi connectivity index (χ4n) is 1.29. The van der Waals surface area contributed by atoms with Crippen LogP contribution in [0.2, 0.25) is 0 Å². The molecule has 0 radical (unpaired) electrons. The number of aromatic nitrogens is 2. The molecule has 1 rings (SSSR count). The number of hydrogen-bond acceptors (Lipinski definition) is 5. The summed E-state index contributed by atoms with van der Waals surface area (Å²) in [5.41, 5.74) is 0. The Hall–Kier alpha value is -1.36. The van der Waals surface area contributed by atoms with E-state index in [0.717, 1.165) is 25.4 Å². The number of anilines is 1. The van der Waals surface area contributed by atoms with Gasteiger partial charge in [0.15, 0.2) is 0 Å². The van der Waals surface area contributed by atoms with Crippen molar-refractivity contribution in [1.29, 1.82) is 0 Å². The van der Waals surface area contributed by atoms with Crippen molar-refractivity contribution in [3.8, 4) is 5.88 Å². The highest BCUT2D eigenvalue weighted by Gasteiger charge is 2.01. The maximum atomic E-state index is 5.34. The van der Waals surface area contributed by atoms with Crippen molar-refractivity contribution in [2.75, 3.05) is 32.2 Å². The number of hydrogen-bond donors (Lipinski definition) is 1. The van der Waals surface area contributed by atoms with Crippen molar-refractivity contribution >= 4 is 5.82 Å². The Kier molecular flexibility index (Phi) is 5.56. The smallest absolute Gasteiger partial charge is 0.218 e. The molecule has 16 heavy (non-hydrogen) atoms. The number of nitrogens with zero attached hydrogens (tertiary/aromatic N) is 2. The number of aryl methyl sites for hydroxylation is 1. The van der Waals surface area contributed by atoms with E-state index in [1.54, 1.807) is 7.11 Å². The molecule has 0 fully saturated rings. The van der Waals surface area contributed by atoms with Gasteiger partial charge < -0.3 is 14.8 Å². The minimum absolute atomic E-state index is 0.611. The molecule has 1 N–H and O–H groups in total. The van der Waals surface area contributed by atoms with E-state index in [2.05, 4.69) is 15.3 Å². The zero-order valence-corrected chi connectivity index (χ0v) is 10.1. The minimum Gasteiger partial charge on any atom is -0.478 e. The second-order valence-corrected chi connectivity index (χ2v) is 3.34. The van der Waals surface area contributed by atoms with Gasteiger partial charge in [-0.25, -0.2) is 4.98 Å². The highest BCUT2D eigenvalue weighted by atomic mass is 16.5. The second-order valence-electron chi connectivity index (χ2n) is 3.34. The lowest BCUT2D eigenvalue weighted by Crippen LogP contribution is -2.08. The van der Waals surface area contributed by atoms with Crippen molar-refractivity contribution in [2.45, 2.75) is 20.3 Å². The van der Waals surface area contributed by atoms with Crippen LogP contribution in [-0.4, -0.2) is 36.8 Å². The zero-order chi connectivity index (χ0) is 11.8. The van der Waals surface area contributed by atoms with Gasteiger partial charge in [-0.3, -0.25) is 0 Å². The predicted molar refractivity (Wildman–Crippen MR) is 62.9 cm³/mol. The Morgan fingerprint density at radius 1 is 1.38 bits per heavy atom. The third-order valence-electron chi connectivity index (χ3n) is 1.94. The first-order chi connectivity index (χ1) is 7.76. The standard InChI is InChI=1S/C11H19N3O2/c1-4-16-11-8-10(13-9(2)14-11)12-6-5-7-15-3/h8H,4-7H2,1-3H3,(H,12,13,14). The summed E-state index contributed by atoms with van der Waals surface area (Å²) in [6, 6.07) is 1.81. The first-order valence-corrected chi connectivity index (χ1v) is 5.47. The summed E-state index contributed by atoms with van der Waals surface area (Å²) in [5, 5.41) is 3.21. The zero-order valence-electron chi connectivity index (χ0n) is 10.1. The van der Waals surface area contributed by atoms with Crippen molar-refractivity contribution < 1.29 is 9.47 Å². The van der Waals surface area contributed by atoms with E-state index in [0.29, 0.717) is 18.3 Å². The van der Waals surface area contributed by atoms with Crippen LogP contribution in [0.4, 0.5) is 5.82 Å². The van der Waals surface area contributed by atoms with Gasteiger partial charge in [-0.05, 0) is 20.3 Å². The summed E-state index contributed by atoms with van der Waals surface area (Å²) in [4.78, 5) is 8.44. The van der Waals surface area contributed by atoms with Crippen LogP contribution in [-0.2, 0) is 4.74 Å². The first kappa shape index (κ1) is 12.7. The fraction of sp³-hybridized carbons (Fsp3) is 0.636. The topological polar surface area (TPSA) is 56.3 Å². The lowest BCUT2D eigenvalue weighted by molar-refractivity contribution is 0.197. The van der Waals surface area contributed by atoms with Crippen LogP contribution in [0.5, 0.6) is 5.88 Å². The van der Waals surface area contributed by atoms with E-state index < -0.39 is 0 Å². The molecule has 5 nitrogen and oxygen atoms in total. The molecule has 0 unspecified atom stereocenters. The highest BCUT2D eigenvalue weighted by molar-refractivity contribution is 5.38. The Labute approximate surface area is 96.2 Å². The molecule has 0 amide bonds. The van der Waals surface area contributed by atoms with E-state index in [1.165, 1.54) is 0 Å². The molecule has 5 heteroatoms. The quantitative estimate of drug-likeness (QED) is 0.715. The number of rotatable bonds is 7. The molecule has 0 bridgehead atoms.